The van der Waals surface area contributed by atoms with Crippen molar-refractivity contribution in [3.63, 3.8) is 0 Å². The molecule has 0 saturated heterocycles. The van der Waals surface area contributed by atoms with E-state index in [4.69, 9.17) is 11.5 Å². The van der Waals surface area contributed by atoms with E-state index in [9.17, 15) is 0 Å². The Bertz CT molecular complexity index is 727. The summed E-state index contributed by atoms with van der Waals surface area (Å²) in [4.78, 5) is 0. The predicted octanol–water partition coefficient (Wildman–Crippen LogP) is 4.66. The molecule has 0 aromatic heterocycles. The van der Waals surface area contributed by atoms with Crippen molar-refractivity contribution in [1.29, 1.82) is 0 Å². The van der Waals surface area contributed by atoms with Gasteiger partial charge in [0.05, 0.1) is 0 Å². The van der Waals surface area contributed by atoms with Crippen LogP contribution in [0.5, 0.6) is 0 Å². The van der Waals surface area contributed by atoms with Gasteiger partial charge in [-0.05, 0) is 22.3 Å². The van der Waals surface area contributed by atoms with Crippen LogP contribution in [0.25, 0.3) is 11.1 Å². The molecule has 0 N–H and O–H groups in total. The van der Waals surface area contributed by atoms with Gasteiger partial charge < -0.3 is 11.1 Å². The third-order valence-electron chi connectivity index (χ3n) is 5.20. The summed E-state index contributed by atoms with van der Waals surface area (Å²) in [5, 5.41) is 0. The normalized spacial score (nSPS) is 13.2. The number of hydrogen-bond donors (Lipinski definition) is 0. The van der Waals surface area contributed by atoms with Crippen LogP contribution in [0.1, 0.15) is 36.7 Å². The van der Waals surface area contributed by atoms with Gasteiger partial charge >= 0.3 is 25.1 Å². The standard InChI is InChI=1S/C19H27BClNSi2.C4H9.Li/c1-23(2,3)22(24(4,5)6)20(21)19-17-13-9-7-11-15(17)16-12-8-10-14-18(16)19;1-3-4-2;/h7-14,19H,1-6H3;1,3-4H2,2H3;/q;-1;+1. The second-order valence-electron chi connectivity index (χ2n) is 9.59. The van der Waals surface area contributed by atoms with Crippen LogP contribution in [0, 0.1) is 6.92 Å². The summed E-state index contributed by atoms with van der Waals surface area (Å²) in [6.07, 6.45) is 2.30. The third-order valence-corrected chi connectivity index (χ3v) is 13.4. The molecular weight excluding hydrogens is 400 g/mol. The van der Waals surface area contributed by atoms with Crippen LogP contribution < -0.4 is 18.9 Å². The molecule has 152 valence electrons. The fourth-order valence-electron chi connectivity index (χ4n) is 4.39. The maximum absolute atomic E-state index is 7.27. The summed E-state index contributed by atoms with van der Waals surface area (Å²) in [7, 11) is -3.06. The molecule has 0 spiro atoms. The van der Waals surface area contributed by atoms with E-state index in [1.165, 1.54) is 28.7 Å². The van der Waals surface area contributed by atoms with Gasteiger partial charge in [-0.3, -0.25) is 0 Å². The molecule has 0 radical (unpaired) electrons. The molecule has 6 heteroatoms. The van der Waals surface area contributed by atoms with Gasteiger partial charge in [0, 0.05) is 5.82 Å². The molecule has 0 bridgehead atoms. The molecule has 0 saturated carbocycles. The zero-order chi connectivity index (χ0) is 21.1. The van der Waals surface area contributed by atoms with Crippen molar-refractivity contribution >= 4 is 34.2 Å². The predicted molar refractivity (Wildman–Crippen MR) is 134 cm³/mol. The maximum Gasteiger partial charge on any atom is 1.00 e. The molecule has 0 atom stereocenters. The topological polar surface area (TPSA) is 3.24 Å². The monoisotopic (exact) mass is 435 g/mol. The van der Waals surface area contributed by atoms with Gasteiger partial charge in [-0.15, -0.1) is 0 Å². The van der Waals surface area contributed by atoms with E-state index >= 15 is 0 Å². The van der Waals surface area contributed by atoms with E-state index in [0.29, 0.717) is 0 Å². The van der Waals surface area contributed by atoms with Crippen molar-refractivity contribution in [3.8, 4) is 11.1 Å². The van der Waals surface area contributed by atoms with Crippen molar-refractivity contribution in [2.75, 3.05) is 0 Å². The molecule has 0 amide bonds. The van der Waals surface area contributed by atoms with Crippen molar-refractivity contribution in [1.82, 2.24) is 4.14 Å². The average Bonchev–Trinajstić information content (AvgIpc) is 2.94. The van der Waals surface area contributed by atoms with Gasteiger partial charge in [-0.1, -0.05) is 101 Å². The molecule has 29 heavy (non-hydrogen) atoms. The van der Waals surface area contributed by atoms with Crippen molar-refractivity contribution < 1.29 is 18.9 Å². The Hall–Kier alpha value is -0.214. The summed E-state index contributed by atoms with van der Waals surface area (Å²) in [5.41, 5.74) is 5.49. The first-order valence-corrected chi connectivity index (χ1v) is 17.8. The molecule has 1 aliphatic carbocycles. The second-order valence-corrected chi connectivity index (χ2v) is 20.1. The molecule has 2 aromatic rings. The van der Waals surface area contributed by atoms with Crippen LogP contribution in [0.2, 0.25) is 39.3 Å². The smallest absolute Gasteiger partial charge is 0.373 e. The molecule has 0 fully saturated rings. The Morgan fingerprint density at radius 1 is 0.862 bits per heavy atom. The largest absolute Gasteiger partial charge is 1.00 e. The van der Waals surface area contributed by atoms with Crippen LogP contribution >= 0.6 is 11.5 Å². The Labute approximate surface area is 199 Å². The maximum atomic E-state index is 7.27. The van der Waals surface area contributed by atoms with E-state index in [1.807, 2.05) is 0 Å². The summed E-state index contributed by atoms with van der Waals surface area (Å²) in [5.74, 6) is 0.262. The third kappa shape index (κ3) is 6.16. The number of unbranched alkanes of at least 4 members (excludes halogenated alkanes) is 1. The van der Waals surface area contributed by atoms with Crippen LogP contribution in [-0.2, 0) is 0 Å². The Morgan fingerprint density at radius 2 is 1.21 bits per heavy atom. The van der Waals surface area contributed by atoms with E-state index in [0.717, 1.165) is 6.42 Å². The van der Waals surface area contributed by atoms with Crippen LogP contribution in [0.3, 0.4) is 0 Å². The number of benzene rings is 2. The van der Waals surface area contributed by atoms with E-state index in [1.54, 1.807) is 0 Å². The van der Waals surface area contributed by atoms with Gasteiger partial charge in [-0.25, -0.2) is 0 Å². The number of fused-ring (bicyclic) bond motifs is 3. The van der Waals surface area contributed by atoms with Gasteiger partial charge in [0.1, 0.15) is 16.5 Å². The number of hydrogen-bond acceptors (Lipinski definition) is 1. The first-order valence-electron chi connectivity index (χ1n) is 10.4. The number of rotatable bonds is 5. The molecule has 1 nitrogen and oxygen atoms in total. The first-order chi connectivity index (χ1) is 13.0. The van der Waals surface area contributed by atoms with E-state index in [2.05, 4.69) is 106 Å². The number of halogens is 1. The fourth-order valence-corrected chi connectivity index (χ4v) is 16.2. The van der Waals surface area contributed by atoms with Gasteiger partial charge in [0.25, 0.3) is 0 Å². The van der Waals surface area contributed by atoms with Crippen molar-refractivity contribution in [3.05, 3.63) is 66.6 Å². The van der Waals surface area contributed by atoms with Gasteiger partial charge in [0.2, 0.25) is 0 Å². The SMILES string of the molecule is C[Si](C)(C)N(B(Cl)C1c2ccccc2-c2ccccc21)[Si](C)(C)C.[CH2-]CCC.[Li+]. The molecule has 0 aliphatic heterocycles. The molecule has 3 rings (SSSR count). The number of nitrogens with zero attached hydrogens (tertiary/aromatic N) is 1. The van der Waals surface area contributed by atoms with E-state index in [-0.39, 0.29) is 30.9 Å². The van der Waals surface area contributed by atoms with Crippen LogP contribution in [0.4, 0.5) is 0 Å². The van der Waals surface area contributed by atoms with Crippen molar-refractivity contribution in [2.24, 2.45) is 0 Å². The fraction of sp³-hybridized carbons (Fsp3) is 0.435. The van der Waals surface area contributed by atoms with E-state index < -0.39 is 16.5 Å². The second kappa shape index (κ2) is 10.9. The Kier molecular flexibility index (Phi) is 10.1. The summed E-state index contributed by atoms with van der Waals surface area (Å²) in [6.45, 7) is 20.3. The van der Waals surface area contributed by atoms with Crippen molar-refractivity contribution in [2.45, 2.75) is 64.9 Å². The molecule has 2 aromatic carbocycles. The van der Waals surface area contributed by atoms with Gasteiger partial charge in [0.15, 0.2) is 0 Å². The molecule has 1 aliphatic rings. The molecule has 0 unspecified atom stereocenters. The molecular formula is C23H36BClLiNSi2. The summed E-state index contributed by atoms with van der Waals surface area (Å²) < 4.78 is 2.73. The van der Waals surface area contributed by atoms with Crippen LogP contribution in [0.15, 0.2) is 48.5 Å². The zero-order valence-electron chi connectivity index (χ0n) is 19.7. The Morgan fingerprint density at radius 3 is 1.52 bits per heavy atom. The average molecular weight is 436 g/mol. The quantitative estimate of drug-likeness (QED) is 0.487. The Balaban J connectivity index is 0.000000771. The summed E-state index contributed by atoms with van der Waals surface area (Å²) >= 11 is 7.27. The summed E-state index contributed by atoms with van der Waals surface area (Å²) in [6, 6.07) is 17.6. The minimum Gasteiger partial charge on any atom is -0.373 e. The molecule has 0 heterocycles. The van der Waals surface area contributed by atoms with Gasteiger partial charge in [-0.2, -0.15) is 17.9 Å². The first kappa shape index (κ1) is 26.8. The van der Waals surface area contributed by atoms with Crippen LogP contribution in [-0.4, -0.2) is 26.9 Å². The zero-order valence-corrected chi connectivity index (χ0v) is 22.5. The minimum atomic E-state index is -1.53. The minimum absolute atomic E-state index is 0.